The first-order valence-corrected chi connectivity index (χ1v) is 13.3. The van der Waals surface area contributed by atoms with E-state index in [0.29, 0.717) is 12.1 Å². The molecule has 3 unspecified atom stereocenters. The summed E-state index contributed by atoms with van der Waals surface area (Å²) in [5.41, 5.74) is 1.32. The third-order valence-corrected chi connectivity index (χ3v) is 8.74. The van der Waals surface area contributed by atoms with Gasteiger partial charge >= 0.3 is 12.1 Å². The summed E-state index contributed by atoms with van der Waals surface area (Å²) in [6, 6.07) is 10.2. The van der Waals surface area contributed by atoms with Gasteiger partial charge in [-0.25, -0.2) is 15.0 Å². The number of carboxylic acids is 1. The summed E-state index contributed by atoms with van der Waals surface area (Å²) in [5, 5.41) is 13.6. The molecule has 5 rings (SSSR count). The van der Waals surface area contributed by atoms with E-state index < -0.39 is 23.3 Å². The topological polar surface area (TPSA) is 101 Å². The predicted octanol–water partition coefficient (Wildman–Crippen LogP) is 7.42. The highest BCUT2D eigenvalue weighted by atomic mass is 32.1. The molecular formula is C28H26F3N5O2S. The number of nitrogens with zero attached hydrogens (tertiary/aromatic N) is 4. The van der Waals surface area contributed by atoms with E-state index in [1.54, 1.807) is 29.9 Å². The SMILES string of the molecule is CC1CC(c2ncc(-c3cc(Nc4nccc(C(F)(F)F)n4)cc(-c4ccncc4)c3)s2)CCC1(C)C(=O)O. The van der Waals surface area contributed by atoms with Crippen molar-refractivity contribution in [2.45, 2.75) is 45.2 Å². The molecule has 1 fully saturated rings. The number of aromatic nitrogens is 4. The lowest BCUT2D eigenvalue weighted by molar-refractivity contribution is -0.153. The summed E-state index contributed by atoms with van der Waals surface area (Å²) in [4.78, 5) is 29.1. The van der Waals surface area contributed by atoms with Gasteiger partial charge in [0.05, 0.1) is 15.3 Å². The highest BCUT2D eigenvalue weighted by Gasteiger charge is 2.44. The largest absolute Gasteiger partial charge is 0.481 e. The molecule has 0 saturated heterocycles. The summed E-state index contributed by atoms with van der Waals surface area (Å²) >= 11 is 1.55. The van der Waals surface area contributed by atoms with Crippen LogP contribution in [0.5, 0.6) is 0 Å². The number of nitrogens with one attached hydrogen (secondary N) is 1. The number of hydrogen-bond acceptors (Lipinski definition) is 7. The minimum absolute atomic E-state index is 0.0133. The molecular weight excluding hydrogens is 527 g/mol. The van der Waals surface area contributed by atoms with E-state index in [9.17, 15) is 23.1 Å². The maximum absolute atomic E-state index is 13.2. The van der Waals surface area contributed by atoms with Crippen LogP contribution in [-0.4, -0.2) is 31.0 Å². The molecule has 0 radical (unpaired) electrons. The number of carboxylic acid groups (broad SMARTS) is 1. The minimum Gasteiger partial charge on any atom is -0.481 e. The lowest BCUT2D eigenvalue weighted by Gasteiger charge is -2.39. The molecule has 4 aromatic rings. The van der Waals surface area contributed by atoms with Crippen LogP contribution in [0.4, 0.5) is 24.8 Å². The molecule has 3 heterocycles. The number of rotatable bonds is 6. The van der Waals surface area contributed by atoms with Crippen LogP contribution in [0.15, 0.2) is 61.2 Å². The van der Waals surface area contributed by atoms with Crippen LogP contribution in [0.2, 0.25) is 0 Å². The first-order chi connectivity index (χ1) is 18.5. The van der Waals surface area contributed by atoms with Crippen molar-refractivity contribution in [3.05, 3.63) is 71.9 Å². The molecule has 1 saturated carbocycles. The average molecular weight is 554 g/mol. The Morgan fingerprint density at radius 3 is 2.51 bits per heavy atom. The highest BCUT2D eigenvalue weighted by Crippen LogP contribution is 2.48. The molecule has 0 spiro atoms. The van der Waals surface area contributed by atoms with Crippen molar-refractivity contribution >= 4 is 28.9 Å². The highest BCUT2D eigenvalue weighted by molar-refractivity contribution is 7.15. The summed E-state index contributed by atoms with van der Waals surface area (Å²) in [6.07, 6.45) is 3.71. The standard InChI is InChI=1S/C28H26F3N5O2S/c1-16-11-18(3-7-27(16,2)25(37)38)24-34-15-22(39-24)20-12-19(17-4-8-32-9-5-17)13-21(14-20)35-26-33-10-6-23(36-26)28(29,30)31/h4-6,8-10,12-16,18H,3,7,11H2,1-2H3,(H,37,38)(H,33,35,36). The molecule has 11 heteroatoms. The van der Waals surface area contributed by atoms with Crippen molar-refractivity contribution < 1.29 is 23.1 Å². The molecule has 0 bridgehead atoms. The first-order valence-electron chi connectivity index (χ1n) is 12.4. The molecule has 7 nitrogen and oxygen atoms in total. The molecule has 1 aromatic carbocycles. The van der Waals surface area contributed by atoms with Crippen LogP contribution in [0.1, 0.15) is 49.7 Å². The fourth-order valence-electron chi connectivity index (χ4n) is 4.94. The number of alkyl halides is 3. The smallest absolute Gasteiger partial charge is 0.433 e. The average Bonchev–Trinajstić information content (AvgIpc) is 3.41. The Morgan fingerprint density at radius 1 is 1.08 bits per heavy atom. The van der Waals surface area contributed by atoms with Crippen LogP contribution < -0.4 is 5.32 Å². The maximum Gasteiger partial charge on any atom is 0.433 e. The Labute approximate surface area is 227 Å². The van der Waals surface area contributed by atoms with E-state index in [4.69, 9.17) is 0 Å². The molecule has 202 valence electrons. The number of aliphatic carboxylic acids is 1. The van der Waals surface area contributed by atoms with Crippen molar-refractivity contribution in [3.8, 4) is 21.6 Å². The lowest BCUT2D eigenvalue weighted by atomic mass is 9.65. The summed E-state index contributed by atoms with van der Waals surface area (Å²) in [7, 11) is 0. The molecule has 3 atom stereocenters. The predicted molar refractivity (Wildman–Crippen MR) is 143 cm³/mol. The van der Waals surface area contributed by atoms with E-state index in [0.717, 1.165) is 51.7 Å². The summed E-state index contributed by atoms with van der Waals surface area (Å²) in [6.45, 7) is 3.80. The Hall–Kier alpha value is -3.86. The maximum atomic E-state index is 13.2. The van der Waals surface area contributed by atoms with Crippen molar-refractivity contribution in [1.29, 1.82) is 0 Å². The molecule has 0 aliphatic heterocycles. The van der Waals surface area contributed by atoms with Crippen molar-refractivity contribution in [2.24, 2.45) is 11.3 Å². The summed E-state index contributed by atoms with van der Waals surface area (Å²) in [5.74, 6) is -0.735. The van der Waals surface area contributed by atoms with Gasteiger partial charge in [0, 0.05) is 36.4 Å². The van der Waals surface area contributed by atoms with Crippen molar-refractivity contribution in [1.82, 2.24) is 19.9 Å². The molecule has 39 heavy (non-hydrogen) atoms. The van der Waals surface area contributed by atoms with Crippen LogP contribution in [0.25, 0.3) is 21.6 Å². The van der Waals surface area contributed by atoms with Gasteiger partial charge in [0.1, 0.15) is 5.69 Å². The van der Waals surface area contributed by atoms with E-state index in [1.807, 2.05) is 44.2 Å². The Balaban J connectivity index is 1.47. The number of halogens is 3. The molecule has 2 N–H and O–H groups in total. The van der Waals surface area contributed by atoms with Gasteiger partial charge < -0.3 is 10.4 Å². The fourth-order valence-corrected chi connectivity index (χ4v) is 5.99. The van der Waals surface area contributed by atoms with E-state index in [2.05, 4.69) is 25.3 Å². The minimum atomic E-state index is -4.58. The second-order valence-corrected chi connectivity index (χ2v) is 11.1. The number of benzene rings is 1. The number of thiazole rings is 1. The number of hydrogen-bond donors (Lipinski definition) is 2. The molecule has 1 aliphatic rings. The molecule has 0 amide bonds. The van der Waals surface area contributed by atoms with Gasteiger partial charge in [-0.1, -0.05) is 6.92 Å². The molecule has 3 aromatic heterocycles. The zero-order chi connectivity index (χ0) is 27.8. The number of carbonyl (C=O) groups is 1. The fraction of sp³-hybridized carbons (Fsp3) is 0.321. The van der Waals surface area contributed by atoms with Gasteiger partial charge in [-0.15, -0.1) is 11.3 Å². The van der Waals surface area contributed by atoms with Gasteiger partial charge in [-0.3, -0.25) is 9.78 Å². The Kier molecular flexibility index (Phi) is 7.11. The third kappa shape index (κ3) is 5.63. The first kappa shape index (κ1) is 26.7. The summed E-state index contributed by atoms with van der Waals surface area (Å²) < 4.78 is 39.5. The van der Waals surface area contributed by atoms with Gasteiger partial charge in [0.2, 0.25) is 5.95 Å². The quantitative estimate of drug-likeness (QED) is 0.256. The zero-order valence-corrected chi connectivity index (χ0v) is 22.1. The van der Waals surface area contributed by atoms with Gasteiger partial charge in [0.25, 0.3) is 0 Å². The van der Waals surface area contributed by atoms with E-state index in [-0.39, 0.29) is 17.8 Å². The second-order valence-electron chi connectivity index (χ2n) is 10.1. The number of anilines is 2. The lowest BCUT2D eigenvalue weighted by Crippen LogP contribution is -2.38. The second kappa shape index (κ2) is 10.4. The Morgan fingerprint density at radius 2 is 1.82 bits per heavy atom. The van der Waals surface area contributed by atoms with Crippen molar-refractivity contribution in [2.75, 3.05) is 5.32 Å². The number of pyridine rings is 1. The van der Waals surface area contributed by atoms with Crippen LogP contribution in [0, 0.1) is 11.3 Å². The zero-order valence-electron chi connectivity index (χ0n) is 21.2. The van der Waals surface area contributed by atoms with Crippen LogP contribution in [0.3, 0.4) is 0 Å². The monoisotopic (exact) mass is 553 g/mol. The van der Waals surface area contributed by atoms with Gasteiger partial charge in [0.15, 0.2) is 0 Å². The van der Waals surface area contributed by atoms with Gasteiger partial charge in [-0.2, -0.15) is 13.2 Å². The van der Waals surface area contributed by atoms with Crippen LogP contribution in [-0.2, 0) is 11.0 Å². The van der Waals surface area contributed by atoms with Gasteiger partial charge in [-0.05, 0) is 85.2 Å². The Bertz CT molecular complexity index is 1490. The van der Waals surface area contributed by atoms with Crippen molar-refractivity contribution in [3.63, 3.8) is 0 Å². The molecule has 1 aliphatic carbocycles. The normalized spacial score (nSPS) is 21.5. The van der Waals surface area contributed by atoms with E-state index in [1.165, 1.54) is 0 Å². The van der Waals surface area contributed by atoms with E-state index >= 15 is 0 Å². The van der Waals surface area contributed by atoms with Crippen LogP contribution >= 0.6 is 11.3 Å². The third-order valence-electron chi connectivity index (χ3n) is 7.53.